The molecule has 0 aromatic heterocycles. The largest absolute Gasteiger partial charge is 0.394 e. The molecule has 0 fully saturated rings. The number of aliphatic hydroxyl groups excluding tert-OH is 2. The Balaban J connectivity index is 2.86. The lowest BCUT2D eigenvalue weighted by molar-refractivity contribution is 0.0737. The predicted molar refractivity (Wildman–Crippen MR) is 29.0 cm³/mol. The minimum absolute atomic E-state index is 0.00264. The molecule has 0 bridgehead atoms. The summed E-state index contributed by atoms with van der Waals surface area (Å²) in [4.78, 5) is 0. The first-order valence-electron chi connectivity index (χ1n) is 2.48. The Bertz CT molecular complexity index is 46.9. The summed E-state index contributed by atoms with van der Waals surface area (Å²) in [5.41, 5.74) is 0. The lowest BCUT2D eigenvalue weighted by atomic mass is 10.4. The van der Waals surface area contributed by atoms with Gasteiger partial charge in [-0.15, -0.1) is 0 Å². The minimum Gasteiger partial charge on any atom is -0.394 e. The molecule has 3 nitrogen and oxygen atoms in total. The summed E-state index contributed by atoms with van der Waals surface area (Å²) in [6.45, 7) is 1.86. The molecule has 0 aliphatic heterocycles. The zero-order chi connectivity index (χ0) is 6.41. The van der Waals surface area contributed by atoms with Gasteiger partial charge in [-0.3, -0.25) is 0 Å². The van der Waals surface area contributed by atoms with Gasteiger partial charge in [-0.1, -0.05) is 0 Å². The third kappa shape index (κ3) is 4.05. The van der Waals surface area contributed by atoms with Gasteiger partial charge >= 0.3 is 0 Å². The van der Waals surface area contributed by atoms with Crippen molar-refractivity contribution in [2.45, 2.75) is 6.92 Å². The molecule has 1 radical (unpaired) electrons. The van der Waals surface area contributed by atoms with Crippen LogP contribution in [-0.2, 0) is 4.74 Å². The van der Waals surface area contributed by atoms with E-state index < -0.39 is 0 Å². The molecule has 0 saturated carbocycles. The van der Waals surface area contributed by atoms with Crippen molar-refractivity contribution in [3.63, 3.8) is 0 Å². The van der Waals surface area contributed by atoms with Gasteiger partial charge in [0.15, 0.2) is 0 Å². The Hall–Kier alpha value is -0.120. The van der Waals surface area contributed by atoms with Crippen molar-refractivity contribution >= 4 is 0 Å². The molecule has 2 N–H and O–H groups in total. The van der Waals surface area contributed by atoms with Gasteiger partial charge in [-0.25, -0.2) is 0 Å². The van der Waals surface area contributed by atoms with Crippen LogP contribution in [0.4, 0.5) is 0 Å². The van der Waals surface area contributed by atoms with E-state index in [0.29, 0.717) is 6.10 Å². The lowest BCUT2D eigenvalue weighted by Crippen LogP contribution is -2.06. The van der Waals surface area contributed by atoms with Gasteiger partial charge in [0.05, 0.1) is 19.8 Å². The number of aliphatic hydroxyl groups is 2. The van der Waals surface area contributed by atoms with E-state index in [4.69, 9.17) is 14.9 Å². The summed E-state index contributed by atoms with van der Waals surface area (Å²) >= 11 is 0. The fourth-order valence-electron chi connectivity index (χ4n) is 0.266. The molecule has 0 unspecified atom stereocenters. The highest BCUT2D eigenvalue weighted by atomic mass is 16.5. The van der Waals surface area contributed by atoms with E-state index >= 15 is 0 Å². The Labute approximate surface area is 48.9 Å². The maximum Gasteiger partial charge on any atom is 0.119 e. The Morgan fingerprint density at radius 1 is 1.50 bits per heavy atom. The van der Waals surface area contributed by atoms with Crippen LogP contribution in [0.2, 0.25) is 0 Å². The summed E-state index contributed by atoms with van der Waals surface area (Å²) in [6.07, 6.45) is 0.541. The second-order valence-electron chi connectivity index (χ2n) is 1.43. The summed E-state index contributed by atoms with van der Waals surface area (Å²) in [6, 6.07) is 0. The molecule has 49 valence electrons. The van der Waals surface area contributed by atoms with Crippen LogP contribution in [0.15, 0.2) is 0 Å². The van der Waals surface area contributed by atoms with E-state index in [1.807, 2.05) is 0 Å². The van der Waals surface area contributed by atoms with E-state index in [9.17, 15) is 0 Å². The van der Waals surface area contributed by atoms with E-state index in [1.165, 1.54) is 0 Å². The summed E-state index contributed by atoms with van der Waals surface area (Å²) in [5, 5.41) is 16.5. The van der Waals surface area contributed by atoms with Crippen LogP contribution < -0.4 is 0 Å². The minimum atomic E-state index is -0.0694. The summed E-state index contributed by atoms with van der Waals surface area (Å²) < 4.78 is 4.76. The Morgan fingerprint density at radius 2 is 2.12 bits per heavy atom. The van der Waals surface area contributed by atoms with Gasteiger partial charge in [0.2, 0.25) is 0 Å². The smallest absolute Gasteiger partial charge is 0.119 e. The topological polar surface area (TPSA) is 49.7 Å². The third-order valence-corrected chi connectivity index (χ3v) is 0.662. The molecule has 0 rings (SSSR count). The SMILES string of the molecule is C[C](CO)OCCO. The number of ether oxygens (including phenoxy) is 1. The van der Waals surface area contributed by atoms with Crippen molar-refractivity contribution < 1.29 is 14.9 Å². The van der Waals surface area contributed by atoms with Crippen molar-refractivity contribution in [3.8, 4) is 0 Å². The van der Waals surface area contributed by atoms with Crippen LogP contribution in [0.1, 0.15) is 6.92 Å². The summed E-state index contributed by atoms with van der Waals surface area (Å²) in [5.74, 6) is 0. The van der Waals surface area contributed by atoms with Crippen LogP contribution >= 0.6 is 0 Å². The van der Waals surface area contributed by atoms with E-state index in [1.54, 1.807) is 6.92 Å². The normalized spacial score (nSPS) is 10.5. The highest BCUT2D eigenvalue weighted by Gasteiger charge is 1.97. The Kier molecular flexibility index (Phi) is 4.95. The van der Waals surface area contributed by atoms with Crippen molar-refractivity contribution in [2.24, 2.45) is 0 Å². The maximum atomic E-state index is 8.32. The predicted octanol–water partition coefficient (Wildman–Crippen LogP) is -0.461. The zero-order valence-electron chi connectivity index (χ0n) is 4.92. The molecule has 0 spiro atoms. The summed E-state index contributed by atoms with van der Waals surface area (Å²) in [7, 11) is 0. The van der Waals surface area contributed by atoms with Gasteiger partial charge < -0.3 is 14.9 Å². The second kappa shape index (κ2) is 5.03. The van der Waals surface area contributed by atoms with E-state index in [-0.39, 0.29) is 19.8 Å². The van der Waals surface area contributed by atoms with Crippen LogP contribution in [0.5, 0.6) is 0 Å². The molecule has 0 aromatic carbocycles. The number of rotatable bonds is 4. The molecule has 0 amide bonds. The highest BCUT2D eigenvalue weighted by Crippen LogP contribution is 1.95. The first-order chi connectivity index (χ1) is 3.81. The molecule has 0 aliphatic carbocycles. The quantitative estimate of drug-likeness (QED) is 0.526. The molecule has 0 aromatic rings. The monoisotopic (exact) mass is 119 g/mol. The van der Waals surface area contributed by atoms with Crippen molar-refractivity contribution in [3.05, 3.63) is 6.10 Å². The maximum absolute atomic E-state index is 8.32. The average molecular weight is 119 g/mol. The fourth-order valence-corrected chi connectivity index (χ4v) is 0.266. The van der Waals surface area contributed by atoms with Crippen LogP contribution in [-0.4, -0.2) is 30.0 Å². The average Bonchev–Trinajstić information content (AvgIpc) is 1.83. The Morgan fingerprint density at radius 3 is 2.50 bits per heavy atom. The molecule has 0 saturated heterocycles. The van der Waals surface area contributed by atoms with Crippen LogP contribution in [0, 0.1) is 6.10 Å². The molecule has 0 atom stereocenters. The fraction of sp³-hybridized carbons (Fsp3) is 0.800. The molecule has 0 aliphatic rings. The van der Waals surface area contributed by atoms with E-state index in [0.717, 1.165) is 0 Å². The van der Waals surface area contributed by atoms with Crippen molar-refractivity contribution in [2.75, 3.05) is 19.8 Å². The van der Waals surface area contributed by atoms with Crippen molar-refractivity contribution in [1.82, 2.24) is 0 Å². The first-order valence-corrected chi connectivity index (χ1v) is 2.48. The van der Waals surface area contributed by atoms with Crippen LogP contribution in [0.25, 0.3) is 0 Å². The van der Waals surface area contributed by atoms with Gasteiger partial charge in [-0.2, -0.15) is 0 Å². The molecule has 8 heavy (non-hydrogen) atoms. The van der Waals surface area contributed by atoms with Gasteiger partial charge in [0, 0.05) is 0 Å². The third-order valence-electron chi connectivity index (χ3n) is 0.662. The van der Waals surface area contributed by atoms with Crippen LogP contribution in [0.3, 0.4) is 0 Å². The van der Waals surface area contributed by atoms with Gasteiger partial charge in [-0.05, 0) is 6.92 Å². The van der Waals surface area contributed by atoms with Crippen molar-refractivity contribution in [1.29, 1.82) is 0 Å². The molecular formula is C5H11O3. The lowest BCUT2D eigenvalue weighted by Gasteiger charge is -2.05. The number of hydrogen-bond donors (Lipinski definition) is 2. The van der Waals surface area contributed by atoms with Gasteiger partial charge in [0.25, 0.3) is 0 Å². The van der Waals surface area contributed by atoms with Gasteiger partial charge in [0.1, 0.15) is 6.10 Å². The standard InChI is InChI=1S/C5H11O3/c1-5(4-7)8-3-2-6/h6-7H,2-4H2,1H3. The first kappa shape index (κ1) is 7.88. The molecule has 0 heterocycles. The number of hydrogen-bond acceptors (Lipinski definition) is 3. The van der Waals surface area contributed by atoms with E-state index in [2.05, 4.69) is 0 Å². The zero-order valence-corrected chi connectivity index (χ0v) is 4.92. The highest BCUT2D eigenvalue weighted by molar-refractivity contribution is 4.67. The molecule has 3 heteroatoms. The molecular weight excluding hydrogens is 108 g/mol. The second-order valence-corrected chi connectivity index (χ2v) is 1.43.